The lowest BCUT2D eigenvalue weighted by Gasteiger charge is -2.46. The number of nitrogens with one attached hydrogen (secondary N) is 3. The number of nitrogens with zero attached hydrogens (tertiary/aromatic N) is 1. The lowest BCUT2D eigenvalue weighted by atomic mass is 9.60. The van der Waals surface area contributed by atoms with Crippen molar-refractivity contribution < 1.29 is 4.79 Å². The van der Waals surface area contributed by atoms with E-state index in [9.17, 15) is 4.79 Å². The molecule has 1 aliphatic heterocycles. The molecule has 2 aliphatic carbocycles. The Morgan fingerprint density at radius 1 is 1.24 bits per heavy atom. The number of hydrogen-bond donors (Lipinski definition) is 3. The van der Waals surface area contributed by atoms with Crippen molar-refractivity contribution in [1.82, 2.24) is 10.9 Å². The Labute approximate surface area is 187 Å². The molecule has 0 saturated heterocycles. The summed E-state index contributed by atoms with van der Waals surface area (Å²) in [4.78, 5) is 13.3. The molecule has 3 N–H and O–H groups in total. The normalized spacial score (nSPS) is 24.8. The third-order valence-corrected chi connectivity index (χ3v) is 7.22. The van der Waals surface area contributed by atoms with Gasteiger partial charge in [-0.2, -0.15) is 0 Å². The Morgan fingerprint density at radius 3 is 2.86 bits per heavy atom. The number of hydrogen-bond acceptors (Lipinski definition) is 4. The summed E-state index contributed by atoms with van der Waals surface area (Å²) in [6.07, 6.45) is 3.93. The number of carbonyl (C=O) groups excluding carboxylic acids is 1. The third-order valence-electron chi connectivity index (χ3n) is 5.99. The van der Waals surface area contributed by atoms with Gasteiger partial charge in [0.15, 0.2) is 0 Å². The van der Waals surface area contributed by atoms with E-state index in [1.165, 1.54) is 5.57 Å². The van der Waals surface area contributed by atoms with Crippen molar-refractivity contribution in [3.8, 4) is 0 Å². The van der Waals surface area contributed by atoms with E-state index in [1.807, 2.05) is 41.4 Å². The summed E-state index contributed by atoms with van der Waals surface area (Å²) in [5.74, 6) is 0.350. The first-order valence-corrected chi connectivity index (χ1v) is 11.1. The van der Waals surface area contributed by atoms with Gasteiger partial charge >= 0.3 is 0 Å². The zero-order valence-corrected chi connectivity index (χ0v) is 18.5. The van der Waals surface area contributed by atoms with Crippen molar-refractivity contribution in [2.24, 2.45) is 5.92 Å². The van der Waals surface area contributed by atoms with Crippen LogP contribution in [0, 0.1) is 5.92 Å². The van der Waals surface area contributed by atoms with E-state index in [-0.39, 0.29) is 5.91 Å². The van der Waals surface area contributed by atoms with Crippen molar-refractivity contribution in [1.29, 1.82) is 0 Å². The first kappa shape index (κ1) is 19.2. The van der Waals surface area contributed by atoms with E-state index in [0.717, 1.165) is 47.2 Å². The number of hydrazine groups is 2. The van der Waals surface area contributed by atoms with Crippen LogP contribution in [0.3, 0.4) is 0 Å². The molecule has 0 bridgehead atoms. The lowest BCUT2D eigenvalue weighted by molar-refractivity contribution is -0.128. The molecule has 29 heavy (non-hydrogen) atoms. The fourth-order valence-electron chi connectivity index (χ4n) is 4.70. The van der Waals surface area contributed by atoms with Crippen LogP contribution >= 0.6 is 39.1 Å². The largest absolute Gasteiger partial charge is 0.297 e. The molecule has 2 aromatic rings. The fourth-order valence-corrected chi connectivity index (χ4v) is 5.58. The predicted molar refractivity (Wildman–Crippen MR) is 120 cm³/mol. The minimum atomic E-state index is -0.738. The van der Waals surface area contributed by atoms with E-state index in [4.69, 9.17) is 23.2 Å². The first-order chi connectivity index (χ1) is 14.0. The number of amides is 1. The van der Waals surface area contributed by atoms with Crippen LogP contribution < -0.4 is 21.3 Å². The summed E-state index contributed by atoms with van der Waals surface area (Å²) >= 11 is 16.0. The van der Waals surface area contributed by atoms with Crippen LogP contribution in [0.2, 0.25) is 10.0 Å². The minimum Gasteiger partial charge on any atom is -0.297 e. The first-order valence-electron chi connectivity index (χ1n) is 9.57. The molecule has 150 valence electrons. The molecular weight excluding hydrogens is 475 g/mol. The van der Waals surface area contributed by atoms with Crippen molar-refractivity contribution in [2.75, 3.05) is 10.4 Å². The Kier molecular flexibility index (Phi) is 4.78. The van der Waals surface area contributed by atoms with Gasteiger partial charge in [-0.05, 0) is 83.4 Å². The van der Waals surface area contributed by atoms with E-state index in [1.54, 1.807) is 6.07 Å². The van der Waals surface area contributed by atoms with Crippen LogP contribution in [0.1, 0.15) is 25.7 Å². The molecule has 2 unspecified atom stereocenters. The second-order valence-electron chi connectivity index (χ2n) is 7.66. The maximum atomic E-state index is 13.3. The zero-order valence-electron chi connectivity index (χ0n) is 15.4. The monoisotopic (exact) mass is 492 g/mol. The molecule has 0 aromatic heterocycles. The second-order valence-corrected chi connectivity index (χ2v) is 9.36. The summed E-state index contributed by atoms with van der Waals surface area (Å²) in [7, 11) is 0. The molecule has 1 fully saturated rings. The fraction of sp³-hybridized carbons (Fsp3) is 0.286. The number of rotatable bonds is 4. The smallest absolute Gasteiger partial charge is 0.264 e. The van der Waals surface area contributed by atoms with Gasteiger partial charge in [0.2, 0.25) is 0 Å². The highest BCUT2D eigenvalue weighted by atomic mass is 79.9. The lowest BCUT2D eigenvalue weighted by Crippen LogP contribution is -2.65. The van der Waals surface area contributed by atoms with Crippen LogP contribution in [-0.4, -0.2) is 11.4 Å². The average molecular weight is 494 g/mol. The molecule has 5 nitrogen and oxygen atoms in total. The number of anilines is 2. The van der Waals surface area contributed by atoms with Gasteiger partial charge in [0.25, 0.3) is 5.91 Å². The molecule has 5 rings (SSSR count). The number of allylic oxidation sites excluding steroid dienone is 1. The van der Waals surface area contributed by atoms with Gasteiger partial charge in [-0.25, -0.2) is 5.43 Å². The van der Waals surface area contributed by atoms with E-state index < -0.39 is 5.54 Å². The molecule has 2 aromatic carbocycles. The molecule has 0 radical (unpaired) electrons. The quantitative estimate of drug-likeness (QED) is 0.497. The molecule has 0 spiro atoms. The highest BCUT2D eigenvalue weighted by Crippen LogP contribution is 2.56. The van der Waals surface area contributed by atoms with E-state index in [0.29, 0.717) is 16.0 Å². The molecular formula is C21H19BrCl2N4O. The Bertz CT molecular complexity index is 1040. The van der Waals surface area contributed by atoms with Crippen LogP contribution in [0.5, 0.6) is 0 Å². The van der Waals surface area contributed by atoms with Crippen molar-refractivity contribution >= 4 is 56.4 Å². The topological polar surface area (TPSA) is 56.4 Å². The second kappa shape index (κ2) is 7.20. The van der Waals surface area contributed by atoms with Gasteiger partial charge < -0.3 is 0 Å². The van der Waals surface area contributed by atoms with Gasteiger partial charge in [-0.15, -0.1) is 0 Å². The van der Waals surface area contributed by atoms with Crippen molar-refractivity contribution in [3.63, 3.8) is 0 Å². The van der Waals surface area contributed by atoms with Gasteiger partial charge in [0.05, 0.1) is 16.4 Å². The Morgan fingerprint density at radius 2 is 2.07 bits per heavy atom. The maximum Gasteiger partial charge on any atom is 0.264 e. The molecule has 1 heterocycles. The van der Waals surface area contributed by atoms with Crippen LogP contribution in [0.25, 0.3) is 0 Å². The minimum absolute atomic E-state index is 0.0912. The summed E-state index contributed by atoms with van der Waals surface area (Å²) in [5.41, 5.74) is 12.6. The predicted octanol–water partition coefficient (Wildman–Crippen LogP) is 5.42. The van der Waals surface area contributed by atoms with Crippen molar-refractivity contribution in [2.45, 2.75) is 31.2 Å². The summed E-state index contributed by atoms with van der Waals surface area (Å²) in [6.45, 7) is 0. The highest BCUT2D eigenvalue weighted by molar-refractivity contribution is 9.10. The van der Waals surface area contributed by atoms with Crippen LogP contribution in [0.4, 0.5) is 11.4 Å². The molecule has 1 amide bonds. The Hall–Kier alpha value is -1.73. The molecule has 1 saturated carbocycles. The summed E-state index contributed by atoms with van der Waals surface area (Å²) in [5, 5.41) is 3.14. The summed E-state index contributed by atoms with van der Waals surface area (Å²) in [6, 6.07) is 13.1. The van der Waals surface area contributed by atoms with Gasteiger partial charge in [-0.3, -0.25) is 20.7 Å². The van der Waals surface area contributed by atoms with Crippen LogP contribution in [-0.2, 0) is 4.79 Å². The molecule has 2 atom stereocenters. The molecule has 3 aliphatic rings. The van der Waals surface area contributed by atoms with Crippen molar-refractivity contribution in [3.05, 3.63) is 68.3 Å². The number of benzene rings is 2. The maximum absolute atomic E-state index is 13.3. The average Bonchev–Trinajstić information content (AvgIpc) is 2.99. The van der Waals surface area contributed by atoms with Gasteiger partial charge in [-0.1, -0.05) is 35.3 Å². The van der Waals surface area contributed by atoms with Crippen LogP contribution in [0.15, 0.2) is 58.2 Å². The Balaban J connectivity index is 1.44. The number of carbonyl (C=O) groups is 1. The SMILES string of the molecule is O=C(NNc1ccccc1Br)C12CC3CCCC(=C31)N(c1ccc(Cl)cc1Cl)N2. The summed E-state index contributed by atoms with van der Waals surface area (Å²) < 4.78 is 0.885. The zero-order chi connectivity index (χ0) is 20.2. The molecule has 8 heteroatoms. The number of halogens is 3. The van der Waals surface area contributed by atoms with E-state index >= 15 is 0 Å². The van der Waals surface area contributed by atoms with E-state index in [2.05, 4.69) is 32.2 Å². The standard InChI is InChI=1S/C21H19BrCl2N4O/c22-14-5-1-2-6-16(14)25-26-20(29)21-11-12-4-3-7-18(19(12)21)28(27-21)17-9-8-13(23)10-15(17)24/h1-2,5-6,8-10,12,25,27H,3-4,7,11H2,(H,26,29). The third kappa shape index (κ3) is 3.05. The van der Waals surface area contributed by atoms with Gasteiger partial charge in [0.1, 0.15) is 5.54 Å². The number of para-hydroxylation sites is 1. The highest BCUT2D eigenvalue weighted by Gasteiger charge is 2.62. The van der Waals surface area contributed by atoms with Gasteiger partial charge in [0, 0.05) is 15.2 Å².